The number of likely N-dealkylation sites (tertiary alicyclic amines) is 1. The highest BCUT2D eigenvalue weighted by Gasteiger charge is 2.25. The molecule has 1 aromatic heterocycles. The first-order valence-electron chi connectivity index (χ1n) is 9.18. The van der Waals surface area contributed by atoms with E-state index < -0.39 is 0 Å². The number of imidazole rings is 1. The Hall–Kier alpha value is -2.02. The number of nitrogens with zero attached hydrogens (tertiary/aromatic N) is 3. The number of hydrogen-bond donors (Lipinski definition) is 0. The van der Waals surface area contributed by atoms with Crippen LogP contribution in [0.2, 0.25) is 0 Å². The molecule has 1 aromatic carbocycles. The summed E-state index contributed by atoms with van der Waals surface area (Å²) in [6.07, 6.45) is 2.18. The fraction of sp³-hybridized carbons (Fsp3) is 0.526. The highest BCUT2D eigenvalue weighted by atomic mass is 32.2. The molecule has 1 fully saturated rings. The number of ether oxygens (including phenoxy) is 1. The molecule has 0 aliphatic carbocycles. The predicted octanol–water partition coefficient (Wildman–Crippen LogP) is 3.34. The average molecular weight is 375 g/mol. The van der Waals surface area contributed by atoms with Crippen LogP contribution in [0.1, 0.15) is 44.0 Å². The second-order valence-electron chi connectivity index (χ2n) is 6.36. The molecule has 3 rings (SSSR count). The molecule has 0 radical (unpaired) electrons. The zero-order chi connectivity index (χ0) is 18.7. The Morgan fingerprint density at radius 2 is 2.00 bits per heavy atom. The molecule has 140 valence electrons. The van der Waals surface area contributed by atoms with Crippen LogP contribution >= 0.6 is 11.8 Å². The summed E-state index contributed by atoms with van der Waals surface area (Å²) in [5.74, 6) is -0.165. The topological polar surface area (TPSA) is 64.4 Å². The van der Waals surface area contributed by atoms with Crippen molar-refractivity contribution < 1.29 is 14.3 Å². The third kappa shape index (κ3) is 3.72. The van der Waals surface area contributed by atoms with Gasteiger partial charge in [-0.1, -0.05) is 11.8 Å². The number of esters is 1. The number of carbonyl (C=O) groups excluding carboxylic acids is 2. The second kappa shape index (κ2) is 8.12. The normalized spacial score (nSPS) is 15.4. The van der Waals surface area contributed by atoms with Gasteiger partial charge in [0.1, 0.15) is 0 Å². The molecule has 7 heteroatoms. The van der Waals surface area contributed by atoms with E-state index in [0.29, 0.717) is 12.2 Å². The minimum Gasteiger partial charge on any atom is -0.462 e. The first kappa shape index (κ1) is 18.8. The molecule has 1 aliphatic heterocycles. The maximum atomic E-state index is 12.6. The minimum atomic E-state index is -0.341. The molecule has 2 heterocycles. The molecule has 1 unspecified atom stereocenters. The lowest BCUT2D eigenvalue weighted by molar-refractivity contribution is -0.129. The molecular weight excluding hydrogens is 350 g/mol. The molecule has 1 atom stereocenters. The first-order valence-corrected chi connectivity index (χ1v) is 10.1. The second-order valence-corrected chi connectivity index (χ2v) is 7.66. The van der Waals surface area contributed by atoms with Gasteiger partial charge in [-0.2, -0.15) is 0 Å². The van der Waals surface area contributed by atoms with Crippen LogP contribution in [0.25, 0.3) is 11.0 Å². The number of hydrogen-bond acceptors (Lipinski definition) is 5. The van der Waals surface area contributed by atoms with E-state index >= 15 is 0 Å². The molecule has 1 saturated heterocycles. The third-order valence-electron chi connectivity index (χ3n) is 4.59. The smallest absolute Gasteiger partial charge is 0.338 e. The molecule has 6 nitrogen and oxygen atoms in total. The monoisotopic (exact) mass is 375 g/mol. The SMILES string of the molecule is CCOC(=O)c1ccc2c(c1)nc(SC(C)C(=O)N1CCCC1)n2CC. The maximum absolute atomic E-state index is 12.6. The molecule has 0 saturated carbocycles. The lowest BCUT2D eigenvalue weighted by Crippen LogP contribution is -2.34. The van der Waals surface area contributed by atoms with Gasteiger partial charge in [0.05, 0.1) is 28.5 Å². The van der Waals surface area contributed by atoms with E-state index in [1.807, 2.05) is 17.9 Å². The van der Waals surface area contributed by atoms with Crippen molar-refractivity contribution in [3.05, 3.63) is 23.8 Å². The molecular formula is C19H25N3O3S. The molecule has 1 amide bonds. The Kier molecular flexibility index (Phi) is 5.86. The standard InChI is InChI=1S/C19H25N3O3S/c1-4-22-16-9-8-14(18(24)25-5-2)12-15(16)20-19(22)26-13(3)17(23)21-10-6-7-11-21/h8-9,12-13H,4-7,10-11H2,1-3H3. The van der Waals surface area contributed by atoms with E-state index in [2.05, 4.69) is 16.5 Å². The summed E-state index contributed by atoms with van der Waals surface area (Å²) in [5.41, 5.74) is 2.21. The third-order valence-corrected chi connectivity index (χ3v) is 5.67. The number of carbonyl (C=O) groups is 2. The molecule has 26 heavy (non-hydrogen) atoms. The van der Waals surface area contributed by atoms with E-state index in [1.54, 1.807) is 19.1 Å². The minimum absolute atomic E-state index is 0.175. The van der Waals surface area contributed by atoms with Crippen molar-refractivity contribution in [1.82, 2.24) is 14.5 Å². The summed E-state index contributed by atoms with van der Waals surface area (Å²) in [5, 5.41) is 0.628. The van der Waals surface area contributed by atoms with Crippen molar-refractivity contribution >= 4 is 34.7 Å². The van der Waals surface area contributed by atoms with Crippen molar-refractivity contribution in [1.29, 1.82) is 0 Å². The van der Waals surface area contributed by atoms with E-state index in [-0.39, 0.29) is 17.1 Å². The Morgan fingerprint density at radius 1 is 1.27 bits per heavy atom. The van der Waals surface area contributed by atoms with Crippen LogP contribution in [-0.4, -0.2) is 51.3 Å². The van der Waals surface area contributed by atoms with Gasteiger partial charge in [0.15, 0.2) is 5.16 Å². The number of thioether (sulfide) groups is 1. The van der Waals surface area contributed by atoms with Gasteiger partial charge in [-0.3, -0.25) is 4.79 Å². The van der Waals surface area contributed by atoms with E-state index in [1.165, 1.54) is 11.8 Å². The molecule has 0 bridgehead atoms. The Balaban J connectivity index is 1.85. The summed E-state index contributed by atoms with van der Waals surface area (Å²) in [7, 11) is 0. The zero-order valence-corrected chi connectivity index (χ0v) is 16.3. The van der Waals surface area contributed by atoms with Crippen LogP contribution in [0, 0.1) is 0 Å². The number of aryl methyl sites for hydroxylation is 1. The van der Waals surface area contributed by atoms with Crippen LogP contribution in [0.3, 0.4) is 0 Å². The molecule has 1 aliphatic rings. The molecule has 0 spiro atoms. The van der Waals surface area contributed by atoms with Gasteiger partial charge in [-0.15, -0.1) is 0 Å². The van der Waals surface area contributed by atoms with E-state index in [9.17, 15) is 9.59 Å². The maximum Gasteiger partial charge on any atom is 0.338 e. The van der Waals surface area contributed by atoms with Gasteiger partial charge in [0.2, 0.25) is 5.91 Å². The summed E-state index contributed by atoms with van der Waals surface area (Å²) in [6, 6.07) is 5.42. The van der Waals surface area contributed by atoms with Crippen molar-refractivity contribution in [3.63, 3.8) is 0 Å². The quantitative estimate of drug-likeness (QED) is 0.572. The fourth-order valence-electron chi connectivity index (χ4n) is 3.25. The van der Waals surface area contributed by atoms with Crippen LogP contribution in [0.4, 0.5) is 0 Å². The molecule has 2 aromatic rings. The van der Waals surface area contributed by atoms with Crippen molar-refractivity contribution in [2.24, 2.45) is 0 Å². The lowest BCUT2D eigenvalue weighted by Gasteiger charge is -2.19. The Bertz CT molecular complexity index is 812. The van der Waals surface area contributed by atoms with Crippen LogP contribution in [0.5, 0.6) is 0 Å². The van der Waals surface area contributed by atoms with Crippen LogP contribution in [-0.2, 0) is 16.1 Å². The van der Waals surface area contributed by atoms with Gasteiger partial charge < -0.3 is 14.2 Å². The Morgan fingerprint density at radius 3 is 2.65 bits per heavy atom. The average Bonchev–Trinajstić information content (AvgIpc) is 3.28. The largest absolute Gasteiger partial charge is 0.462 e. The van der Waals surface area contributed by atoms with Crippen LogP contribution in [0.15, 0.2) is 23.4 Å². The number of amides is 1. The van der Waals surface area contributed by atoms with Gasteiger partial charge in [0, 0.05) is 19.6 Å². The first-order chi connectivity index (χ1) is 12.5. The van der Waals surface area contributed by atoms with Crippen molar-refractivity contribution in [2.45, 2.75) is 50.6 Å². The van der Waals surface area contributed by atoms with Crippen molar-refractivity contribution in [3.8, 4) is 0 Å². The number of rotatable bonds is 6. The van der Waals surface area contributed by atoms with E-state index in [0.717, 1.165) is 48.7 Å². The lowest BCUT2D eigenvalue weighted by atomic mass is 10.2. The summed E-state index contributed by atoms with van der Waals surface area (Å²) in [6.45, 7) is 8.59. The van der Waals surface area contributed by atoms with Crippen LogP contribution < -0.4 is 0 Å². The van der Waals surface area contributed by atoms with Gasteiger partial charge >= 0.3 is 5.97 Å². The Labute approximate surface area is 157 Å². The summed E-state index contributed by atoms with van der Waals surface area (Å²) < 4.78 is 7.15. The summed E-state index contributed by atoms with van der Waals surface area (Å²) in [4.78, 5) is 31.2. The number of aromatic nitrogens is 2. The molecule has 0 N–H and O–H groups in total. The van der Waals surface area contributed by atoms with Gasteiger partial charge in [-0.05, 0) is 51.8 Å². The van der Waals surface area contributed by atoms with Crippen molar-refractivity contribution in [2.75, 3.05) is 19.7 Å². The highest BCUT2D eigenvalue weighted by Crippen LogP contribution is 2.29. The zero-order valence-electron chi connectivity index (χ0n) is 15.5. The fourth-order valence-corrected chi connectivity index (χ4v) is 4.32. The number of fused-ring (bicyclic) bond motifs is 1. The summed E-state index contributed by atoms with van der Waals surface area (Å²) >= 11 is 1.48. The van der Waals surface area contributed by atoms with Gasteiger partial charge in [-0.25, -0.2) is 9.78 Å². The predicted molar refractivity (Wildman–Crippen MR) is 102 cm³/mol. The highest BCUT2D eigenvalue weighted by molar-refractivity contribution is 8.00. The number of benzene rings is 1. The van der Waals surface area contributed by atoms with E-state index in [4.69, 9.17) is 4.74 Å². The van der Waals surface area contributed by atoms with Gasteiger partial charge in [0.25, 0.3) is 0 Å².